The summed E-state index contributed by atoms with van der Waals surface area (Å²) < 4.78 is 50.7. The lowest BCUT2D eigenvalue weighted by molar-refractivity contribution is -0.202. The predicted octanol–water partition coefficient (Wildman–Crippen LogP) is 6.16. The Morgan fingerprint density at radius 3 is 2.15 bits per heavy atom. The second-order valence-electron chi connectivity index (χ2n) is 7.64. The van der Waals surface area contributed by atoms with Crippen molar-refractivity contribution in [2.75, 3.05) is 16.5 Å². The molecule has 0 aromatic heterocycles. The molecule has 9 heteroatoms. The zero-order valence-electron chi connectivity index (χ0n) is 18.4. The lowest BCUT2D eigenvalue weighted by Gasteiger charge is -2.42. The van der Waals surface area contributed by atoms with E-state index in [0.29, 0.717) is 15.6 Å². The molecular formula is C25H21ClF3N3O2. The predicted molar refractivity (Wildman–Crippen MR) is 126 cm³/mol. The summed E-state index contributed by atoms with van der Waals surface area (Å²) in [7, 11) is 0. The Hall–Kier alpha value is -3.52. The number of hydrazone groups is 1. The van der Waals surface area contributed by atoms with Crippen LogP contribution in [0.5, 0.6) is 0 Å². The van der Waals surface area contributed by atoms with Crippen LogP contribution in [-0.2, 0) is 9.53 Å². The molecule has 0 radical (unpaired) electrons. The number of carbonyl (C=O) groups excluding carboxylic acids is 1. The third-order valence-corrected chi connectivity index (χ3v) is 5.64. The van der Waals surface area contributed by atoms with Gasteiger partial charge >= 0.3 is 17.8 Å². The number of nitrogens with zero attached hydrogens (tertiary/aromatic N) is 3. The van der Waals surface area contributed by atoms with E-state index in [-0.39, 0.29) is 23.8 Å². The number of halogens is 4. The maximum atomic E-state index is 15.2. The number of benzene rings is 3. The molecule has 176 valence electrons. The van der Waals surface area contributed by atoms with E-state index in [1.165, 1.54) is 31.2 Å². The third kappa shape index (κ3) is 3.88. The van der Waals surface area contributed by atoms with Crippen LogP contribution in [0.1, 0.15) is 18.1 Å². The molecule has 0 amide bonds. The van der Waals surface area contributed by atoms with E-state index < -0.39 is 17.8 Å². The number of hydrogen-bond acceptors (Lipinski definition) is 5. The second-order valence-corrected chi connectivity index (χ2v) is 8.08. The quantitative estimate of drug-likeness (QED) is 0.404. The van der Waals surface area contributed by atoms with Crippen molar-refractivity contribution in [3.8, 4) is 0 Å². The monoisotopic (exact) mass is 487 g/mol. The minimum absolute atomic E-state index is 0.0743. The molecule has 5 nitrogen and oxygen atoms in total. The lowest BCUT2D eigenvalue weighted by atomic mass is 10.0. The largest absolute Gasteiger partial charge is 0.463 e. The van der Waals surface area contributed by atoms with Gasteiger partial charge < -0.3 is 4.74 Å². The maximum absolute atomic E-state index is 15.2. The van der Waals surface area contributed by atoms with Gasteiger partial charge in [0.1, 0.15) is 0 Å². The molecule has 3 aromatic carbocycles. The number of carbonyl (C=O) groups is 1. The fourth-order valence-corrected chi connectivity index (χ4v) is 3.96. The summed E-state index contributed by atoms with van der Waals surface area (Å²) in [4.78, 5) is 14.2. The Labute approximate surface area is 200 Å². The summed E-state index contributed by atoms with van der Waals surface area (Å²) in [6.45, 7) is 3.04. The molecule has 1 aliphatic heterocycles. The topological polar surface area (TPSA) is 45.1 Å². The molecule has 0 N–H and O–H groups in total. The van der Waals surface area contributed by atoms with Crippen molar-refractivity contribution in [1.82, 2.24) is 0 Å². The molecule has 4 rings (SSSR count). The van der Waals surface area contributed by atoms with Crippen LogP contribution in [0, 0.1) is 6.92 Å². The summed E-state index contributed by atoms with van der Waals surface area (Å²) in [5.74, 6) is -1.56. The highest BCUT2D eigenvalue weighted by Crippen LogP contribution is 2.48. The minimum atomic E-state index is -5.11. The normalized spacial score (nSPS) is 18.1. The van der Waals surface area contributed by atoms with Gasteiger partial charge in [0.05, 0.1) is 12.3 Å². The van der Waals surface area contributed by atoms with Gasteiger partial charge in [0, 0.05) is 16.3 Å². The van der Waals surface area contributed by atoms with Crippen molar-refractivity contribution in [1.29, 1.82) is 0 Å². The average molecular weight is 488 g/mol. The minimum Gasteiger partial charge on any atom is -0.463 e. The van der Waals surface area contributed by atoms with Gasteiger partial charge in [-0.05, 0) is 62.4 Å². The molecule has 3 aromatic rings. The van der Waals surface area contributed by atoms with Gasteiger partial charge in [-0.25, -0.2) is 9.80 Å². The first-order valence-corrected chi connectivity index (χ1v) is 10.9. The summed E-state index contributed by atoms with van der Waals surface area (Å²) >= 11 is 6.02. The van der Waals surface area contributed by atoms with Gasteiger partial charge in [-0.2, -0.15) is 18.3 Å². The molecule has 34 heavy (non-hydrogen) atoms. The summed E-state index contributed by atoms with van der Waals surface area (Å²) in [5.41, 5.74) is -1.88. The van der Waals surface area contributed by atoms with Gasteiger partial charge in [-0.3, -0.25) is 4.90 Å². The Morgan fingerprint density at radius 2 is 1.59 bits per heavy atom. The van der Waals surface area contributed by atoms with Crippen molar-refractivity contribution in [3.63, 3.8) is 0 Å². The molecule has 1 unspecified atom stereocenters. The maximum Gasteiger partial charge on any atom is 0.444 e. The first-order chi connectivity index (χ1) is 16.2. The van der Waals surface area contributed by atoms with Gasteiger partial charge in [0.15, 0.2) is 5.84 Å². The average Bonchev–Trinajstić information content (AvgIpc) is 3.18. The highest BCUT2D eigenvalue weighted by molar-refractivity contribution is 6.30. The van der Waals surface area contributed by atoms with E-state index in [1.54, 1.807) is 54.6 Å². The van der Waals surface area contributed by atoms with Crippen molar-refractivity contribution in [3.05, 3.63) is 95.0 Å². The van der Waals surface area contributed by atoms with Crippen LogP contribution in [0.2, 0.25) is 5.02 Å². The van der Waals surface area contributed by atoms with E-state index in [2.05, 4.69) is 5.10 Å². The Balaban J connectivity index is 2.07. The van der Waals surface area contributed by atoms with Crippen molar-refractivity contribution in [2.24, 2.45) is 5.10 Å². The molecule has 0 saturated heterocycles. The van der Waals surface area contributed by atoms with E-state index in [1.807, 2.05) is 6.92 Å². The van der Waals surface area contributed by atoms with E-state index >= 15 is 13.2 Å². The first kappa shape index (κ1) is 23.6. The SMILES string of the molecule is CCOC(=O)C1(C(F)(F)F)N(c2ccccc2)N=C(c2ccc(Cl)cc2)N1c1ccc(C)cc1. The number of aryl methyl sites for hydroxylation is 1. The smallest absolute Gasteiger partial charge is 0.444 e. The molecule has 0 saturated carbocycles. The van der Waals surface area contributed by atoms with Crippen molar-refractivity contribution < 1.29 is 22.7 Å². The molecule has 1 atom stereocenters. The Bertz CT molecular complexity index is 1200. The van der Waals surface area contributed by atoms with Crippen molar-refractivity contribution in [2.45, 2.75) is 25.7 Å². The van der Waals surface area contributed by atoms with Gasteiger partial charge in [-0.15, -0.1) is 0 Å². The van der Waals surface area contributed by atoms with Crippen LogP contribution in [0.25, 0.3) is 0 Å². The molecule has 1 heterocycles. The van der Waals surface area contributed by atoms with Crippen molar-refractivity contribution >= 4 is 34.8 Å². The summed E-state index contributed by atoms with van der Waals surface area (Å²) in [6, 6.07) is 20.4. The number of anilines is 2. The highest BCUT2D eigenvalue weighted by Gasteiger charge is 2.73. The van der Waals surface area contributed by atoms with E-state index in [0.717, 1.165) is 10.5 Å². The summed E-state index contributed by atoms with van der Waals surface area (Å²) in [5, 5.41) is 5.48. The number of amidine groups is 1. The van der Waals surface area contributed by atoms with Crippen LogP contribution in [0.3, 0.4) is 0 Å². The number of ether oxygens (including phenoxy) is 1. The molecule has 0 spiro atoms. The zero-order chi connectivity index (χ0) is 24.5. The number of esters is 1. The Morgan fingerprint density at radius 1 is 0.971 bits per heavy atom. The van der Waals surface area contributed by atoms with Crippen LogP contribution < -0.4 is 9.91 Å². The van der Waals surface area contributed by atoms with Crippen LogP contribution in [0.4, 0.5) is 24.5 Å². The van der Waals surface area contributed by atoms with E-state index in [9.17, 15) is 4.79 Å². The van der Waals surface area contributed by atoms with Gasteiger partial charge in [-0.1, -0.05) is 47.5 Å². The summed E-state index contributed by atoms with van der Waals surface area (Å²) in [6.07, 6.45) is -5.11. The number of rotatable bonds is 5. The fourth-order valence-electron chi connectivity index (χ4n) is 3.83. The van der Waals surface area contributed by atoms with Gasteiger partial charge in [0.2, 0.25) is 0 Å². The number of hydrogen-bond donors (Lipinski definition) is 0. The number of para-hydroxylation sites is 1. The molecule has 0 fully saturated rings. The molecule has 1 aliphatic rings. The third-order valence-electron chi connectivity index (χ3n) is 5.39. The highest BCUT2D eigenvalue weighted by atomic mass is 35.5. The van der Waals surface area contributed by atoms with Crippen LogP contribution in [0.15, 0.2) is 84.0 Å². The second kappa shape index (κ2) is 9.02. The molecule has 0 aliphatic carbocycles. The van der Waals surface area contributed by atoms with Gasteiger partial charge in [0.25, 0.3) is 0 Å². The lowest BCUT2D eigenvalue weighted by Crippen LogP contribution is -2.71. The zero-order valence-corrected chi connectivity index (χ0v) is 19.1. The fraction of sp³-hybridized carbons (Fsp3) is 0.200. The Kier molecular flexibility index (Phi) is 6.27. The van der Waals surface area contributed by atoms with E-state index in [4.69, 9.17) is 16.3 Å². The molecule has 0 bridgehead atoms. The molecular weight excluding hydrogens is 467 g/mol. The first-order valence-electron chi connectivity index (χ1n) is 10.5. The van der Waals surface area contributed by atoms with Crippen LogP contribution >= 0.6 is 11.6 Å². The van der Waals surface area contributed by atoms with Crippen LogP contribution in [-0.4, -0.2) is 30.3 Å². The standard InChI is InChI=1S/C25H21ClF3N3O2/c1-3-34-23(33)24(25(27,28)29)31(20-15-9-17(2)10-16-20)22(18-11-13-19(26)14-12-18)30-32(24)21-7-5-4-6-8-21/h4-16H,3H2,1-2H3. The number of alkyl halides is 3.